The summed E-state index contributed by atoms with van der Waals surface area (Å²) in [5.41, 5.74) is 2.59. The van der Waals surface area contributed by atoms with Gasteiger partial charge in [-0.15, -0.1) is 11.3 Å². The van der Waals surface area contributed by atoms with Crippen molar-refractivity contribution in [2.45, 2.75) is 26.9 Å². The first-order valence-electron chi connectivity index (χ1n) is 8.28. The van der Waals surface area contributed by atoms with Crippen molar-refractivity contribution in [3.8, 4) is 0 Å². The molecule has 0 radical (unpaired) electrons. The topological polar surface area (TPSA) is 97.4 Å². The number of rotatable bonds is 7. The van der Waals surface area contributed by atoms with Crippen molar-refractivity contribution in [2.24, 2.45) is 0 Å². The van der Waals surface area contributed by atoms with Crippen LogP contribution in [0.5, 0.6) is 0 Å². The van der Waals surface area contributed by atoms with E-state index in [0.29, 0.717) is 5.01 Å². The molecule has 0 aliphatic heterocycles. The summed E-state index contributed by atoms with van der Waals surface area (Å²) in [6.07, 6.45) is 3.31. The zero-order valence-electron chi connectivity index (χ0n) is 15.3. The average Bonchev–Trinajstić information content (AvgIpc) is 3.14. The molecule has 2 aromatic rings. The summed E-state index contributed by atoms with van der Waals surface area (Å²) in [5.74, 6) is -1.57. The summed E-state index contributed by atoms with van der Waals surface area (Å²) in [4.78, 5) is 39.8. The van der Waals surface area contributed by atoms with Crippen LogP contribution in [0, 0.1) is 13.8 Å². The van der Waals surface area contributed by atoms with Crippen LogP contribution in [0.1, 0.15) is 23.1 Å². The Kier molecular flexibility index (Phi) is 7.25. The molecule has 2 N–H and O–H groups in total. The fraction of sp³-hybridized carbons (Fsp3) is 0.263. The molecular formula is C19H21N3O4S. The summed E-state index contributed by atoms with van der Waals surface area (Å²) >= 11 is 1.37. The Bertz CT molecular complexity index is 826. The van der Waals surface area contributed by atoms with E-state index in [9.17, 15) is 14.4 Å². The second kappa shape index (κ2) is 9.63. The number of nitrogens with one attached hydrogen (secondary N) is 2. The lowest BCUT2D eigenvalue weighted by atomic mass is 10.1. The van der Waals surface area contributed by atoms with E-state index in [0.717, 1.165) is 16.8 Å². The summed E-state index contributed by atoms with van der Waals surface area (Å²) in [7, 11) is 0. The number of ether oxygens (including phenoxy) is 1. The van der Waals surface area contributed by atoms with Crippen molar-refractivity contribution in [3.05, 3.63) is 52.0 Å². The molecule has 2 rings (SSSR count). The molecule has 1 aromatic heterocycles. The fourth-order valence-electron chi connectivity index (χ4n) is 2.23. The van der Waals surface area contributed by atoms with E-state index in [1.165, 1.54) is 30.4 Å². The normalized spacial score (nSPS) is 11.8. The van der Waals surface area contributed by atoms with Gasteiger partial charge >= 0.3 is 5.97 Å². The quantitative estimate of drug-likeness (QED) is 0.562. The largest absolute Gasteiger partial charge is 0.449 e. The zero-order valence-corrected chi connectivity index (χ0v) is 16.1. The van der Waals surface area contributed by atoms with Crippen molar-refractivity contribution in [2.75, 3.05) is 11.9 Å². The van der Waals surface area contributed by atoms with Gasteiger partial charge in [-0.2, -0.15) is 0 Å². The van der Waals surface area contributed by atoms with Crippen molar-refractivity contribution in [1.29, 1.82) is 0 Å². The summed E-state index contributed by atoms with van der Waals surface area (Å²) in [6.45, 7) is 5.00. The lowest BCUT2D eigenvalue weighted by Gasteiger charge is -2.14. The van der Waals surface area contributed by atoms with Crippen molar-refractivity contribution in [1.82, 2.24) is 10.3 Å². The maximum Gasteiger partial charge on any atom is 0.331 e. The number of esters is 1. The Morgan fingerprint density at radius 3 is 2.59 bits per heavy atom. The molecule has 1 aromatic carbocycles. The van der Waals surface area contributed by atoms with Crippen molar-refractivity contribution < 1.29 is 19.1 Å². The van der Waals surface area contributed by atoms with Crippen LogP contribution in [-0.2, 0) is 19.1 Å². The number of hydrogen-bond acceptors (Lipinski definition) is 6. The monoisotopic (exact) mass is 387 g/mol. The molecule has 0 saturated carbocycles. The van der Waals surface area contributed by atoms with Crippen molar-refractivity contribution in [3.63, 3.8) is 0 Å². The highest BCUT2D eigenvalue weighted by Gasteiger charge is 2.17. The molecule has 0 fully saturated rings. The fourth-order valence-corrected chi connectivity index (χ4v) is 2.76. The van der Waals surface area contributed by atoms with E-state index in [4.69, 9.17) is 4.74 Å². The van der Waals surface area contributed by atoms with Crippen LogP contribution in [0.15, 0.2) is 35.9 Å². The maximum absolute atomic E-state index is 12.0. The Balaban J connectivity index is 1.78. The summed E-state index contributed by atoms with van der Waals surface area (Å²) in [6, 6.07) is 5.69. The predicted molar refractivity (Wildman–Crippen MR) is 104 cm³/mol. The Labute approximate surface area is 161 Å². The molecule has 8 heteroatoms. The molecule has 27 heavy (non-hydrogen) atoms. The minimum atomic E-state index is -1.02. The van der Waals surface area contributed by atoms with E-state index in [-0.39, 0.29) is 12.5 Å². The molecule has 0 aliphatic carbocycles. The number of aryl methyl sites for hydroxylation is 2. The zero-order chi connectivity index (χ0) is 19.8. The van der Waals surface area contributed by atoms with Gasteiger partial charge in [0.25, 0.3) is 5.91 Å². The molecule has 142 valence electrons. The number of hydrogen-bond donors (Lipinski definition) is 2. The number of carbonyl (C=O) groups is 3. The number of aromatic nitrogens is 1. The van der Waals surface area contributed by atoms with Gasteiger partial charge in [0.2, 0.25) is 5.91 Å². The number of amides is 2. The molecule has 0 bridgehead atoms. The van der Waals surface area contributed by atoms with E-state index < -0.39 is 18.0 Å². The van der Waals surface area contributed by atoms with Crippen LogP contribution in [0.4, 0.5) is 5.69 Å². The van der Waals surface area contributed by atoms with Gasteiger partial charge in [0.1, 0.15) is 5.01 Å². The number of benzene rings is 1. The Morgan fingerprint density at radius 2 is 1.96 bits per heavy atom. The summed E-state index contributed by atoms with van der Waals surface area (Å²) < 4.78 is 5.01. The molecule has 0 aliphatic rings. The van der Waals surface area contributed by atoms with Gasteiger partial charge in [0, 0.05) is 23.3 Å². The second-order valence-electron chi connectivity index (χ2n) is 5.82. The lowest BCUT2D eigenvalue weighted by molar-refractivity contribution is -0.150. The van der Waals surface area contributed by atoms with Gasteiger partial charge in [-0.05, 0) is 38.0 Å². The SMILES string of the molecule is Cc1cccc(C)c1NC(=O)CNC(=O)C(C)OC(=O)C=Cc1nccs1. The third kappa shape index (κ3) is 6.34. The molecule has 1 atom stereocenters. The van der Waals surface area contributed by atoms with E-state index >= 15 is 0 Å². The maximum atomic E-state index is 12.0. The molecule has 0 saturated heterocycles. The molecule has 1 unspecified atom stereocenters. The lowest BCUT2D eigenvalue weighted by Crippen LogP contribution is -2.40. The molecule has 2 amide bonds. The summed E-state index contributed by atoms with van der Waals surface area (Å²) in [5, 5.41) is 7.67. The standard InChI is InChI=1S/C19H21N3O4S/c1-12-5-4-6-13(2)18(12)22-15(23)11-21-19(25)14(3)26-17(24)8-7-16-20-9-10-27-16/h4-10,14H,11H2,1-3H3,(H,21,25)(H,22,23). The molecular weight excluding hydrogens is 366 g/mol. The molecule has 7 nitrogen and oxygen atoms in total. The number of para-hydroxylation sites is 1. The van der Waals surface area contributed by atoms with Gasteiger partial charge in [0.15, 0.2) is 6.10 Å². The first-order chi connectivity index (χ1) is 12.9. The van der Waals surface area contributed by atoms with Crippen LogP contribution < -0.4 is 10.6 Å². The third-order valence-electron chi connectivity index (χ3n) is 3.64. The van der Waals surface area contributed by atoms with Gasteiger partial charge in [-0.25, -0.2) is 9.78 Å². The number of anilines is 1. The Morgan fingerprint density at radius 1 is 1.26 bits per heavy atom. The van der Waals surface area contributed by atoms with Crippen LogP contribution >= 0.6 is 11.3 Å². The third-order valence-corrected chi connectivity index (χ3v) is 4.39. The van der Waals surface area contributed by atoms with E-state index in [2.05, 4.69) is 15.6 Å². The highest BCUT2D eigenvalue weighted by molar-refractivity contribution is 7.10. The first kappa shape index (κ1) is 20.3. The number of nitrogens with zero attached hydrogens (tertiary/aromatic N) is 1. The van der Waals surface area contributed by atoms with E-state index in [1.807, 2.05) is 32.0 Å². The molecule has 0 spiro atoms. The smallest absolute Gasteiger partial charge is 0.331 e. The molecule has 1 heterocycles. The van der Waals surface area contributed by atoms with Crippen LogP contribution in [0.3, 0.4) is 0 Å². The van der Waals surface area contributed by atoms with Crippen LogP contribution in [0.2, 0.25) is 0 Å². The number of carbonyl (C=O) groups excluding carboxylic acids is 3. The number of thiazole rings is 1. The first-order valence-corrected chi connectivity index (χ1v) is 9.16. The predicted octanol–water partition coefficient (Wildman–Crippen LogP) is 2.46. The van der Waals surface area contributed by atoms with Gasteiger partial charge in [0.05, 0.1) is 6.54 Å². The minimum absolute atomic E-state index is 0.219. The van der Waals surface area contributed by atoms with Gasteiger partial charge in [-0.1, -0.05) is 18.2 Å². The van der Waals surface area contributed by atoms with Gasteiger partial charge < -0.3 is 15.4 Å². The second-order valence-corrected chi connectivity index (χ2v) is 6.74. The minimum Gasteiger partial charge on any atom is -0.449 e. The van der Waals surface area contributed by atoms with Crippen LogP contribution in [-0.4, -0.2) is 35.4 Å². The van der Waals surface area contributed by atoms with Gasteiger partial charge in [-0.3, -0.25) is 9.59 Å². The average molecular weight is 387 g/mol. The van der Waals surface area contributed by atoms with Crippen LogP contribution in [0.25, 0.3) is 6.08 Å². The highest BCUT2D eigenvalue weighted by atomic mass is 32.1. The highest BCUT2D eigenvalue weighted by Crippen LogP contribution is 2.18. The Hall–Kier alpha value is -3.00. The van der Waals surface area contributed by atoms with E-state index in [1.54, 1.807) is 11.6 Å². The van der Waals surface area contributed by atoms with Crippen molar-refractivity contribution >= 4 is 40.9 Å².